The van der Waals surface area contributed by atoms with Gasteiger partial charge in [-0.25, -0.2) is 4.98 Å². The van der Waals surface area contributed by atoms with E-state index in [4.69, 9.17) is 27.9 Å². The van der Waals surface area contributed by atoms with Gasteiger partial charge < -0.3 is 4.74 Å². The predicted molar refractivity (Wildman–Crippen MR) is 124 cm³/mol. The number of ether oxygens (including phenoxy) is 1. The highest BCUT2D eigenvalue weighted by Crippen LogP contribution is 2.38. The molecule has 1 aliphatic heterocycles. The average molecular weight is 443 g/mol. The van der Waals surface area contributed by atoms with E-state index >= 15 is 0 Å². The Bertz CT molecular complexity index is 882. The van der Waals surface area contributed by atoms with E-state index < -0.39 is 0 Å². The van der Waals surface area contributed by atoms with Crippen LogP contribution < -0.4 is 4.74 Å². The molecule has 1 saturated heterocycles. The zero-order valence-corrected chi connectivity index (χ0v) is 18.8. The highest BCUT2D eigenvalue weighted by Gasteiger charge is 2.38. The van der Waals surface area contributed by atoms with Gasteiger partial charge in [0.25, 0.3) is 0 Å². The molecule has 4 atom stereocenters. The molecule has 0 radical (unpaired) electrons. The summed E-state index contributed by atoms with van der Waals surface area (Å²) in [6.07, 6.45) is 10.3. The van der Waals surface area contributed by atoms with Gasteiger partial charge in [-0.1, -0.05) is 65.7 Å². The van der Waals surface area contributed by atoms with E-state index in [0.717, 1.165) is 37.5 Å². The minimum Gasteiger partial charge on any atom is -0.474 e. The van der Waals surface area contributed by atoms with Crippen LogP contribution in [0.3, 0.4) is 0 Å². The maximum Gasteiger partial charge on any atom is 0.213 e. The minimum atomic E-state index is 0.0809. The monoisotopic (exact) mass is 442 g/mol. The normalized spacial score (nSPS) is 25.6. The first-order valence-electron chi connectivity index (χ1n) is 10.7. The van der Waals surface area contributed by atoms with Gasteiger partial charge in [0.05, 0.1) is 5.02 Å². The number of nitrogens with zero attached hydrogens (tertiary/aromatic N) is 2. The maximum absolute atomic E-state index is 6.25. The van der Waals surface area contributed by atoms with E-state index in [1.54, 1.807) is 6.20 Å². The van der Waals surface area contributed by atoms with Crippen molar-refractivity contribution < 1.29 is 4.74 Å². The van der Waals surface area contributed by atoms with Gasteiger partial charge in [-0.05, 0) is 55.9 Å². The molecule has 30 heavy (non-hydrogen) atoms. The maximum atomic E-state index is 6.25. The van der Waals surface area contributed by atoms with Crippen LogP contribution in [0.25, 0.3) is 0 Å². The van der Waals surface area contributed by atoms with Crippen molar-refractivity contribution in [3.05, 3.63) is 82.5 Å². The second kappa shape index (κ2) is 10.00. The Balaban J connectivity index is 1.48. The van der Waals surface area contributed by atoms with E-state index in [1.165, 1.54) is 5.56 Å². The van der Waals surface area contributed by atoms with Crippen molar-refractivity contribution in [3.63, 3.8) is 0 Å². The standard InChI is InChI=1S/C25H28Cl2N2O/c1-18(30-25-12-11-22(27)15-28-25)23-13-14-29(16-19-5-3-2-4-6-19)17-24(23)20-7-9-21(26)10-8-20/h2-7,9-12,15,18,20,23-24H,8,13-14,16-17H2,1H3/t18-,20?,23?,24+/m0/s1. The Morgan fingerprint density at radius 2 is 2.00 bits per heavy atom. The SMILES string of the molecule is C[C@H](Oc1ccc(Cl)cn1)C1CCN(Cc2ccccc2)C[C@@H]1C1C=CC(Cl)=CC1. The van der Waals surface area contributed by atoms with Crippen molar-refractivity contribution in [2.45, 2.75) is 32.4 Å². The lowest BCUT2D eigenvalue weighted by Gasteiger charge is -2.44. The molecule has 2 aromatic rings. The molecule has 0 spiro atoms. The lowest BCUT2D eigenvalue weighted by molar-refractivity contribution is 0.0180. The van der Waals surface area contributed by atoms with Crippen molar-refractivity contribution in [1.82, 2.24) is 9.88 Å². The smallest absolute Gasteiger partial charge is 0.213 e. The second-order valence-corrected chi connectivity index (χ2v) is 9.20. The van der Waals surface area contributed by atoms with Crippen LogP contribution in [-0.4, -0.2) is 29.1 Å². The fourth-order valence-electron chi connectivity index (χ4n) is 4.73. The number of aromatic nitrogens is 1. The molecule has 1 aromatic carbocycles. The van der Waals surface area contributed by atoms with Crippen LogP contribution in [0.2, 0.25) is 5.02 Å². The molecular weight excluding hydrogens is 415 g/mol. The number of benzene rings is 1. The first-order chi connectivity index (χ1) is 14.6. The van der Waals surface area contributed by atoms with Gasteiger partial charge in [0.1, 0.15) is 6.10 Å². The molecule has 2 heterocycles. The van der Waals surface area contributed by atoms with Crippen molar-refractivity contribution in [1.29, 1.82) is 0 Å². The molecule has 1 fully saturated rings. The number of allylic oxidation sites excluding steroid dienone is 4. The zero-order chi connectivity index (χ0) is 20.9. The summed E-state index contributed by atoms with van der Waals surface area (Å²) in [4.78, 5) is 6.91. The van der Waals surface area contributed by atoms with Crippen LogP contribution in [-0.2, 0) is 6.54 Å². The molecule has 0 saturated carbocycles. The fourth-order valence-corrected chi connectivity index (χ4v) is 5.00. The molecule has 3 nitrogen and oxygen atoms in total. The first-order valence-corrected chi connectivity index (χ1v) is 11.4. The summed E-state index contributed by atoms with van der Waals surface area (Å²) >= 11 is 12.2. The molecule has 1 aliphatic carbocycles. The third kappa shape index (κ3) is 5.46. The molecule has 0 bridgehead atoms. The molecule has 4 rings (SSSR count). The number of rotatable bonds is 6. The Morgan fingerprint density at radius 3 is 2.70 bits per heavy atom. The minimum absolute atomic E-state index is 0.0809. The van der Waals surface area contributed by atoms with E-state index in [0.29, 0.717) is 28.7 Å². The van der Waals surface area contributed by atoms with Gasteiger partial charge in [-0.2, -0.15) is 0 Å². The van der Waals surface area contributed by atoms with Crippen LogP contribution in [0, 0.1) is 17.8 Å². The van der Waals surface area contributed by atoms with Gasteiger partial charge in [-0.15, -0.1) is 0 Å². The van der Waals surface area contributed by atoms with Crippen molar-refractivity contribution in [2.24, 2.45) is 17.8 Å². The summed E-state index contributed by atoms with van der Waals surface area (Å²) in [5.74, 6) is 2.07. The molecule has 1 aromatic heterocycles. The highest BCUT2D eigenvalue weighted by molar-refractivity contribution is 6.31. The summed E-state index contributed by atoms with van der Waals surface area (Å²) in [5.41, 5.74) is 1.37. The van der Waals surface area contributed by atoms with Gasteiger partial charge in [0, 0.05) is 36.3 Å². The van der Waals surface area contributed by atoms with Gasteiger partial charge in [0.2, 0.25) is 5.88 Å². The summed E-state index contributed by atoms with van der Waals surface area (Å²) in [7, 11) is 0. The lowest BCUT2D eigenvalue weighted by atomic mass is 9.72. The van der Waals surface area contributed by atoms with Gasteiger partial charge in [0.15, 0.2) is 0 Å². The van der Waals surface area contributed by atoms with Crippen molar-refractivity contribution in [2.75, 3.05) is 13.1 Å². The number of hydrogen-bond acceptors (Lipinski definition) is 3. The van der Waals surface area contributed by atoms with Crippen LogP contribution in [0.5, 0.6) is 5.88 Å². The molecule has 5 heteroatoms. The summed E-state index contributed by atoms with van der Waals surface area (Å²) < 4.78 is 6.25. The van der Waals surface area contributed by atoms with Gasteiger partial charge >= 0.3 is 0 Å². The van der Waals surface area contributed by atoms with Crippen molar-refractivity contribution >= 4 is 23.2 Å². The number of piperidine rings is 1. The Hall–Kier alpha value is -1.81. The van der Waals surface area contributed by atoms with Gasteiger partial charge in [-0.3, -0.25) is 4.90 Å². The average Bonchev–Trinajstić information content (AvgIpc) is 2.76. The lowest BCUT2D eigenvalue weighted by Crippen LogP contribution is -2.47. The molecule has 2 aliphatic rings. The fraction of sp³-hybridized carbons (Fsp3) is 0.400. The Morgan fingerprint density at radius 1 is 1.17 bits per heavy atom. The largest absolute Gasteiger partial charge is 0.474 e. The molecule has 0 amide bonds. The zero-order valence-electron chi connectivity index (χ0n) is 17.3. The van der Waals surface area contributed by atoms with Crippen molar-refractivity contribution in [3.8, 4) is 5.88 Å². The molecule has 0 N–H and O–H groups in total. The van der Waals surface area contributed by atoms with E-state index in [-0.39, 0.29) is 6.10 Å². The Kier molecular flexibility index (Phi) is 7.14. The molecule has 158 valence electrons. The summed E-state index contributed by atoms with van der Waals surface area (Å²) in [6, 6.07) is 14.4. The summed E-state index contributed by atoms with van der Waals surface area (Å²) in [6.45, 7) is 5.30. The van der Waals surface area contributed by atoms with E-state index in [2.05, 4.69) is 65.4 Å². The van der Waals surface area contributed by atoms with Crippen LogP contribution in [0.4, 0.5) is 0 Å². The highest BCUT2D eigenvalue weighted by atomic mass is 35.5. The van der Waals surface area contributed by atoms with Crippen LogP contribution >= 0.6 is 23.2 Å². The second-order valence-electron chi connectivity index (χ2n) is 8.32. The number of pyridine rings is 1. The third-order valence-corrected chi connectivity index (χ3v) is 6.80. The number of likely N-dealkylation sites (tertiary alicyclic amines) is 1. The first kappa shape index (κ1) is 21.4. The number of hydrogen-bond donors (Lipinski definition) is 0. The number of halogens is 2. The topological polar surface area (TPSA) is 25.4 Å². The van der Waals surface area contributed by atoms with E-state index in [9.17, 15) is 0 Å². The van der Waals surface area contributed by atoms with Crippen LogP contribution in [0.15, 0.2) is 71.9 Å². The molecular formula is C25H28Cl2N2O. The quantitative estimate of drug-likeness (QED) is 0.521. The van der Waals surface area contributed by atoms with Crippen LogP contribution in [0.1, 0.15) is 25.3 Å². The van der Waals surface area contributed by atoms with E-state index in [1.807, 2.05) is 12.1 Å². The Labute approximate surface area is 189 Å². The predicted octanol–water partition coefficient (Wildman–Crippen LogP) is 6.34. The summed E-state index contributed by atoms with van der Waals surface area (Å²) in [5, 5.41) is 1.47. The molecule has 2 unspecified atom stereocenters. The third-order valence-electron chi connectivity index (χ3n) is 6.29.